The SMILES string of the molecule is CC[C@@H](C(=O)NC1CCCCC1)N(Cc1c(Cl)cccc1Cl)C(=O)Cc1cc(C)ccc1C. The Morgan fingerprint density at radius 3 is 2.36 bits per heavy atom. The van der Waals surface area contributed by atoms with Crippen molar-refractivity contribution in [2.75, 3.05) is 0 Å². The molecule has 2 aromatic rings. The fraction of sp³-hybridized carbons (Fsp3) is 0.481. The maximum atomic E-state index is 13.7. The Kier molecular flexibility index (Phi) is 9.22. The summed E-state index contributed by atoms with van der Waals surface area (Å²) in [6, 6.07) is 11.0. The van der Waals surface area contributed by atoms with Crippen molar-refractivity contribution >= 4 is 35.0 Å². The van der Waals surface area contributed by atoms with Crippen molar-refractivity contribution in [2.24, 2.45) is 0 Å². The first-order valence-corrected chi connectivity index (χ1v) is 12.6. The van der Waals surface area contributed by atoms with Gasteiger partial charge in [0.1, 0.15) is 6.04 Å². The van der Waals surface area contributed by atoms with Gasteiger partial charge in [0, 0.05) is 28.2 Å². The number of halogens is 2. The third-order valence-electron chi connectivity index (χ3n) is 6.57. The Morgan fingerprint density at radius 2 is 1.73 bits per heavy atom. The van der Waals surface area contributed by atoms with Crippen LogP contribution in [0.5, 0.6) is 0 Å². The van der Waals surface area contributed by atoms with Crippen LogP contribution in [0, 0.1) is 13.8 Å². The van der Waals surface area contributed by atoms with Gasteiger partial charge in [0.05, 0.1) is 6.42 Å². The minimum Gasteiger partial charge on any atom is -0.352 e. The zero-order valence-electron chi connectivity index (χ0n) is 19.8. The quantitative estimate of drug-likeness (QED) is 0.466. The van der Waals surface area contributed by atoms with Crippen LogP contribution < -0.4 is 5.32 Å². The van der Waals surface area contributed by atoms with Gasteiger partial charge < -0.3 is 10.2 Å². The summed E-state index contributed by atoms with van der Waals surface area (Å²) < 4.78 is 0. The second kappa shape index (κ2) is 11.9. The summed E-state index contributed by atoms with van der Waals surface area (Å²) in [4.78, 5) is 28.7. The third-order valence-corrected chi connectivity index (χ3v) is 7.28. The Hall–Kier alpha value is -2.04. The highest BCUT2D eigenvalue weighted by molar-refractivity contribution is 6.36. The van der Waals surface area contributed by atoms with E-state index < -0.39 is 6.04 Å². The number of rotatable bonds is 8. The van der Waals surface area contributed by atoms with Crippen molar-refractivity contribution in [2.45, 2.75) is 84.3 Å². The summed E-state index contributed by atoms with van der Waals surface area (Å²) in [7, 11) is 0. The first-order chi connectivity index (χ1) is 15.8. The Bertz CT molecular complexity index is 966. The van der Waals surface area contributed by atoms with Crippen LogP contribution in [0.3, 0.4) is 0 Å². The van der Waals surface area contributed by atoms with E-state index in [9.17, 15) is 9.59 Å². The molecule has 2 aromatic carbocycles. The summed E-state index contributed by atoms with van der Waals surface area (Å²) in [5.74, 6) is -0.202. The van der Waals surface area contributed by atoms with Gasteiger partial charge in [-0.15, -0.1) is 0 Å². The van der Waals surface area contributed by atoms with Crippen LogP contribution in [0.2, 0.25) is 10.0 Å². The number of carbonyl (C=O) groups excluding carboxylic acids is 2. The van der Waals surface area contributed by atoms with Crippen molar-refractivity contribution in [3.63, 3.8) is 0 Å². The average molecular weight is 489 g/mol. The van der Waals surface area contributed by atoms with E-state index in [4.69, 9.17) is 23.2 Å². The molecule has 0 spiro atoms. The van der Waals surface area contributed by atoms with Gasteiger partial charge in [-0.1, -0.05) is 79.2 Å². The van der Waals surface area contributed by atoms with Crippen molar-refractivity contribution in [1.82, 2.24) is 10.2 Å². The molecule has 1 saturated carbocycles. The molecule has 0 radical (unpaired) electrons. The predicted molar refractivity (Wildman–Crippen MR) is 136 cm³/mol. The molecular formula is C27H34Cl2N2O2. The second-order valence-electron chi connectivity index (χ2n) is 9.10. The molecule has 0 aromatic heterocycles. The summed E-state index contributed by atoms with van der Waals surface area (Å²) >= 11 is 12.9. The number of hydrogen-bond donors (Lipinski definition) is 1. The van der Waals surface area contributed by atoms with Crippen molar-refractivity contribution < 1.29 is 9.59 Å². The molecule has 1 fully saturated rings. The molecule has 2 amide bonds. The van der Waals surface area contributed by atoms with E-state index in [1.807, 2.05) is 39.0 Å². The molecule has 6 heteroatoms. The molecule has 3 rings (SSSR count). The number of carbonyl (C=O) groups is 2. The topological polar surface area (TPSA) is 49.4 Å². The summed E-state index contributed by atoms with van der Waals surface area (Å²) in [6.07, 6.45) is 6.21. The van der Waals surface area contributed by atoms with E-state index >= 15 is 0 Å². The van der Waals surface area contributed by atoms with Gasteiger partial charge in [0.25, 0.3) is 0 Å². The standard InChI is InChI=1S/C27H34Cl2N2O2/c1-4-25(27(33)30-21-9-6-5-7-10-21)31(17-22-23(28)11-8-12-24(22)29)26(32)16-20-15-18(2)13-14-19(20)3/h8,11-15,21,25H,4-7,9-10,16-17H2,1-3H3,(H,30,33)/t25-/m0/s1. The van der Waals surface area contributed by atoms with E-state index in [1.54, 1.807) is 23.1 Å². The lowest BCUT2D eigenvalue weighted by atomic mass is 9.95. The fourth-order valence-corrected chi connectivity index (χ4v) is 5.09. The molecule has 1 atom stereocenters. The number of aryl methyl sites for hydroxylation is 2. The zero-order valence-corrected chi connectivity index (χ0v) is 21.3. The lowest BCUT2D eigenvalue weighted by Gasteiger charge is -2.33. The van der Waals surface area contributed by atoms with Gasteiger partial charge in [-0.3, -0.25) is 9.59 Å². The average Bonchev–Trinajstić information content (AvgIpc) is 2.78. The largest absolute Gasteiger partial charge is 0.352 e. The molecule has 0 heterocycles. The molecule has 1 N–H and O–H groups in total. The number of amides is 2. The normalized spacial score (nSPS) is 15.2. The highest BCUT2D eigenvalue weighted by atomic mass is 35.5. The zero-order chi connectivity index (χ0) is 24.0. The Balaban J connectivity index is 1.89. The number of benzene rings is 2. The van der Waals surface area contributed by atoms with Crippen molar-refractivity contribution in [1.29, 1.82) is 0 Å². The minimum absolute atomic E-state index is 0.0955. The van der Waals surface area contributed by atoms with E-state index in [2.05, 4.69) is 5.32 Å². The molecule has 0 aliphatic heterocycles. The molecule has 178 valence electrons. The molecule has 33 heavy (non-hydrogen) atoms. The Morgan fingerprint density at radius 1 is 1.06 bits per heavy atom. The van der Waals surface area contributed by atoms with Crippen molar-refractivity contribution in [3.8, 4) is 0 Å². The van der Waals surface area contributed by atoms with E-state index in [-0.39, 0.29) is 30.8 Å². The van der Waals surface area contributed by atoms with E-state index in [0.29, 0.717) is 22.0 Å². The van der Waals surface area contributed by atoms with Crippen LogP contribution in [0.4, 0.5) is 0 Å². The molecule has 0 bridgehead atoms. The summed E-state index contributed by atoms with van der Waals surface area (Å²) in [5.41, 5.74) is 3.80. The molecular weight excluding hydrogens is 455 g/mol. The first-order valence-electron chi connectivity index (χ1n) is 11.9. The van der Waals surface area contributed by atoms with Crippen LogP contribution in [0.25, 0.3) is 0 Å². The highest BCUT2D eigenvalue weighted by Crippen LogP contribution is 2.28. The number of hydrogen-bond acceptors (Lipinski definition) is 2. The molecule has 1 aliphatic rings. The molecule has 0 unspecified atom stereocenters. The van der Waals surface area contributed by atoms with Crippen LogP contribution in [-0.4, -0.2) is 28.8 Å². The monoisotopic (exact) mass is 488 g/mol. The molecule has 0 saturated heterocycles. The van der Waals surface area contributed by atoms with Crippen LogP contribution >= 0.6 is 23.2 Å². The lowest BCUT2D eigenvalue weighted by molar-refractivity contribution is -0.141. The second-order valence-corrected chi connectivity index (χ2v) is 9.91. The third kappa shape index (κ3) is 6.74. The van der Waals surface area contributed by atoms with Crippen molar-refractivity contribution in [3.05, 3.63) is 68.7 Å². The lowest BCUT2D eigenvalue weighted by Crippen LogP contribution is -2.52. The van der Waals surface area contributed by atoms with E-state index in [1.165, 1.54) is 6.42 Å². The van der Waals surface area contributed by atoms with Gasteiger partial charge in [0.2, 0.25) is 11.8 Å². The minimum atomic E-state index is -0.586. The smallest absolute Gasteiger partial charge is 0.243 e. The maximum Gasteiger partial charge on any atom is 0.243 e. The maximum absolute atomic E-state index is 13.7. The van der Waals surface area contributed by atoms with Crippen LogP contribution in [0.1, 0.15) is 67.7 Å². The van der Waals surface area contributed by atoms with E-state index in [0.717, 1.165) is 42.4 Å². The Labute approximate surface area is 207 Å². The first kappa shape index (κ1) is 25.6. The fourth-order valence-electron chi connectivity index (χ4n) is 4.57. The van der Waals surface area contributed by atoms with Gasteiger partial charge in [-0.2, -0.15) is 0 Å². The van der Waals surface area contributed by atoms with Gasteiger partial charge in [-0.25, -0.2) is 0 Å². The summed E-state index contributed by atoms with van der Waals surface area (Å²) in [5, 5.41) is 4.20. The molecule has 4 nitrogen and oxygen atoms in total. The van der Waals surface area contributed by atoms with Gasteiger partial charge >= 0.3 is 0 Å². The molecule has 1 aliphatic carbocycles. The summed E-state index contributed by atoms with van der Waals surface area (Å²) in [6.45, 7) is 6.15. The number of nitrogens with one attached hydrogen (secondary N) is 1. The van der Waals surface area contributed by atoms with Gasteiger partial charge in [0.15, 0.2) is 0 Å². The van der Waals surface area contributed by atoms with Crippen LogP contribution in [0.15, 0.2) is 36.4 Å². The number of nitrogens with zero attached hydrogens (tertiary/aromatic N) is 1. The predicted octanol–water partition coefficient (Wildman–Crippen LogP) is 6.41. The highest BCUT2D eigenvalue weighted by Gasteiger charge is 2.31. The van der Waals surface area contributed by atoms with Crippen LogP contribution in [-0.2, 0) is 22.6 Å². The van der Waals surface area contributed by atoms with Gasteiger partial charge in [-0.05, 0) is 56.4 Å².